The van der Waals surface area contributed by atoms with Crippen molar-refractivity contribution in [2.45, 2.75) is 30.9 Å². The maximum Gasteiger partial charge on any atom is 0.0890 e. The first-order valence-corrected chi connectivity index (χ1v) is 7.59. The van der Waals surface area contributed by atoms with Crippen LogP contribution in [0.5, 0.6) is 0 Å². The summed E-state index contributed by atoms with van der Waals surface area (Å²) in [5.41, 5.74) is 1.27. The predicted molar refractivity (Wildman–Crippen MR) is 72.9 cm³/mol. The molecule has 1 N–H and O–H groups in total. The molecule has 1 spiro atoms. The summed E-state index contributed by atoms with van der Waals surface area (Å²) in [5, 5.41) is 5.80. The van der Waals surface area contributed by atoms with Crippen LogP contribution in [0.3, 0.4) is 0 Å². The lowest BCUT2D eigenvalue weighted by atomic mass is 9.82. The number of hydrogen-bond donors (Lipinski definition) is 1. The van der Waals surface area contributed by atoms with E-state index in [2.05, 4.69) is 27.0 Å². The summed E-state index contributed by atoms with van der Waals surface area (Å²) in [4.78, 5) is 2.41. The van der Waals surface area contributed by atoms with Crippen molar-refractivity contribution < 1.29 is 4.74 Å². The third kappa shape index (κ3) is 2.32. The number of nitrogens with zero attached hydrogens (tertiary/aromatic N) is 2. The fourth-order valence-electron chi connectivity index (χ4n) is 3.20. The summed E-state index contributed by atoms with van der Waals surface area (Å²) < 4.78 is 10.5. The van der Waals surface area contributed by atoms with Gasteiger partial charge in [0.2, 0.25) is 0 Å². The molecule has 0 saturated carbocycles. The molecule has 3 heterocycles. The maximum atomic E-state index is 6.26. The highest BCUT2D eigenvalue weighted by Crippen LogP contribution is 2.40. The van der Waals surface area contributed by atoms with Crippen LogP contribution in [0.1, 0.15) is 30.9 Å². The molecule has 0 bridgehead atoms. The number of rotatable bonds is 1. The predicted octanol–water partition coefficient (Wildman–Crippen LogP) is 1.66. The lowest BCUT2D eigenvalue weighted by molar-refractivity contribution is -0.106. The lowest BCUT2D eigenvalue weighted by Gasteiger charge is -2.44. The Morgan fingerprint density at radius 2 is 2.44 bits per heavy atom. The Morgan fingerprint density at radius 3 is 3.28 bits per heavy atom. The lowest BCUT2D eigenvalue weighted by Crippen LogP contribution is -2.52. The minimum absolute atomic E-state index is 0.0221. The first-order chi connectivity index (χ1) is 8.80. The second-order valence-corrected chi connectivity index (χ2v) is 6.07. The zero-order valence-corrected chi connectivity index (χ0v) is 11.7. The van der Waals surface area contributed by atoms with Crippen LogP contribution in [0.4, 0.5) is 0 Å². The van der Waals surface area contributed by atoms with Gasteiger partial charge in [-0.15, -0.1) is 0 Å². The van der Waals surface area contributed by atoms with E-state index in [4.69, 9.17) is 4.74 Å². The number of likely N-dealkylation sites (tertiary alicyclic amines) is 1. The highest BCUT2D eigenvalue weighted by atomic mass is 32.1. The second kappa shape index (κ2) is 5.25. The molecule has 2 atom stereocenters. The first kappa shape index (κ1) is 12.5. The van der Waals surface area contributed by atoms with Crippen molar-refractivity contribution in [1.29, 1.82) is 0 Å². The molecule has 1 aromatic rings. The summed E-state index contributed by atoms with van der Waals surface area (Å²) >= 11 is 1.53. The van der Waals surface area contributed by atoms with Crippen LogP contribution in [0, 0.1) is 0 Å². The van der Waals surface area contributed by atoms with E-state index < -0.39 is 0 Å². The highest BCUT2D eigenvalue weighted by Gasteiger charge is 2.43. The molecule has 2 aliphatic heterocycles. The van der Waals surface area contributed by atoms with Gasteiger partial charge >= 0.3 is 0 Å². The minimum atomic E-state index is -0.0221. The molecule has 0 amide bonds. The average molecular weight is 267 g/mol. The standard InChI is InChI=1S/C13H21N3OS/c1-16-6-2-3-13(4-7-16)12(14-5-8-17-13)11-9-15-18-10-11/h9-10,12,14H,2-8H2,1H3. The molecule has 4 nitrogen and oxygen atoms in total. The van der Waals surface area contributed by atoms with E-state index in [-0.39, 0.29) is 5.60 Å². The van der Waals surface area contributed by atoms with E-state index in [0.29, 0.717) is 6.04 Å². The highest BCUT2D eigenvalue weighted by molar-refractivity contribution is 7.03. The summed E-state index contributed by atoms with van der Waals surface area (Å²) in [7, 11) is 2.20. The number of morpholine rings is 1. The third-order valence-corrected chi connectivity index (χ3v) is 4.81. The molecular weight excluding hydrogens is 246 g/mol. The summed E-state index contributed by atoms with van der Waals surface area (Å²) in [6.45, 7) is 4.07. The molecule has 0 aromatic carbocycles. The van der Waals surface area contributed by atoms with Gasteiger partial charge < -0.3 is 15.0 Å². The number of ether oxygens (including phenoxy) is 1. The van der Waals surface area contributed by atoms with Gasteiger partial charge in [0.1, 0.15) is 0 Å². The maximum absolute atomic E-state index is 6.26. The largest absolute Gasteiger partial charge is 0.372 e. The number of hydrogen-bond acceptors (Lipinski definition) is 5. The van der Waals surface area contributed by atoms with Crippen molar-refractivity contribution in [3.8, 4) is 0 Å². The summed E-state index contributed by atoms with van der Waals surface area (Å²) in [5.74, 6) is 0. The van der Waals surface area contributed by atoms with E-state index >= 15 is 0 Å². The monoisotopic (exact) mass is 267 g/mol. The van der Waals surface area contributed by atoms with Crippen LogP contribution in [-0.4, -0.2) is 48.2 Å². The molecular formula is C13H21N3OS. The molecule has 5 heteroatoms. The molecule has 3 rings (SSSR count). The third-order valence-electron chi connectivity index (χ3n) is 4.21. The van der Waals surface area contributed by atoms with Crippen molar-refractivity contribution in [3.63, 3.8) is 0 Å². The molecule has 18 heavy (non-hydrogen) atoms. The van der Waals surface area contributed by atoms with Gasteiger partial charge in [0, 0.05) is 30.2 Å². The molecule has 2 aliphatic rings. The van der Waals surface area contributed by atoms with Gasteiger partial charge in [-0.3, -0.25) is 0 Å². The van der Waals surface area contributed by atoms with Crippen molar-refractivity contribution in [2.24, 2.45) is 0 Å². The van der Waals surface area contributed by atoms with E-state index in [1.807, 2.05) is 6.20 Å². The number of aromatic nitrogens is 1. The van der Waals surface area contributed by atoms with Crippen LogP contribution in [0.2, 0.25) is 0 Å². The fourth-order valence-corrected chi connectivity index (χ4v) is 3.76. The summed E-state index contributed by atoms with van der Waals surface area (Å²) in [6.07, 6.45) is 5.46. The van der Waals surface area contributed by atoms with Gasteiger partial charge in [-0.25, -0.2) is 4.37 Å². The van der Waals surface area contributed by atoms with Gasteiger partial charge in [0.25, 0.3) is 0 Å². The SMILES string of the molecule is CN1CCCC2(CC1)OCCNC2c1cnsc1. The van der Waals surface area contributed by atoms with Crippen molar-refractivity contribution >= 4 is 11.5 Å². The van der Waals surface area contributed by atoms with E-state index in [1.54, 1.807) is 0 Å². The van der Waals surface area contributed by atoms with Gasteiger partial charge in [-0.05, 0) is 44.4 Å². The van der Waals surface area contributed by atoms with Gasteiger partial charge in [-0.1, -0.05) is 0 Å². The van der Waals surface area contributed by atoms with Crippen molar-refractivity contribution in [2.75, 3.05) is 33.3 Å². The van der Waals surface area contributed by atoms with E-state index in [1.165, 1.54) is 30.1 Å². The van der Waals surface area contributed by atoms with Gasteiger partial charge in [-0.2, -0.15) is 0 Å². The average Bonchev–Trinajstić information content (AvgIpc) is 2.84. The normalized spacial score (nSPS) is 34.6. The smallest absolute Gasteiger partial charge is 0.0890 e. The van der Waals surface area contributed by atoms with Crippen LogP contribution in [0.25, 0.3) is 0 Å². The Labute approximate surface area is 112 Å². The van der Waals surface area contributed by atoms with Gasteiger partial charge in [0.05, 0.1) is 18.2 Å². The quantitative estimate of drug-likeness (QED) is 0.840. The second-order valence-electron chi connectivity index (χ2n) is 5.41. The van der Waals surface area contributed by atoms with Crippen LogP contribution < -0.4 is 5.32 Å². The molecule has 0 aliphatic carbocycles. The molecule has 0 radical (unpaired) electrons. The Morgan fingerprint density at radius 1 is 1.50 bits per heavy atom. The van der Waals surface area contributed by atoms with E-state index in [9.17, 15) is 0 Å². The number of nitrogens with one attached hydrogen (secondary N) is 1. The van der Waals surface area contributed by atoms with Crippen LogP contribution in [0.15, 0.2) is 11.6 Å². The topological polar surface area (TPSA) is 37.4 Å². The summed E-state index contributed by atoms with van der Waals surface area (Å²) in [6, 6.07) is 0.316. The molecule has 2 fully saturated rings. The van der Waals surface area contributed by atoms with Crippen LogP contribution in [-0.2, 0) is 4.74 Å². The fraction of sp³-hybridized carbons (Fsp3) is 0.769. The van der Waals surface area contributed by atoms with Crippen LogP contribution >= 0.6 is 11.5 Å². The molecule has 100 valence electrons. The molecule has 2 saturated heterocycles. The molecule has 2 unspecified atom stereocenters. The van der Waals surface area contributed by atoms with E-state index in [0.717, 1.165) is 32.5 Å². The zero-order valence-electron chi connectivity index (χ0n) is 10.9. The Balaban J connectivity index is 1.86. The Hall–Kier alpha value is -0.490. The first-order valence-electron chi connectivity index (χ1n) is 6.75. The Kier molecular flexibility index (Phi) is 3.66. The van der Waals surface area contributed by atoms with Gasteiger partial charge in [0.15, 0.2) is 0 Å². The Bertz CT molecular complexity index is 384. The van der Waals surface area contributed by atoms with Crippen molar-refractivity contribution in [3.05, 3.63) is 17.1 Å². The molecule has 1 aromatic heterocycles. The van der Waals surface area contributed by atoms with Crippen molar-refractivity contribution in [1.82, 2.24) is 14.6 Å². The zero-order chi connectivity index (χ0) is 12.4. The minimum Gasteiger partial charge on any atom is -0.372 e.